The van der Waals surface area contributed by atoms with Crippen molar-refractivity contribution in [2.75, 3.05) is 37.9 Å². The molecule has 3 aromatic rings. The topological polar surface area (TPSA) is 79.4 Å². The van der Waals surface area contributed by atoms with E-state index >= 15 is 0 Å². The summed E-state index contributed by atoms with van der Waals surface area (Å²) in [6, 6.07) is 11.0. The molecule has 0 bridgehead atoms. The van der Waals surface area contributed by atoms with Gasteiger partial charge in [-0.1, -0.05) is 22.0 Å². The average Bonchev–Trinajstić information content (AvgIpc) is 2.73. The molecular formula is C22H23BrFN5O2. The monoisotopic (exact) mass is 487 g/mol. The summed E-state index contributed by atoms with van der Waals surface area (Å²) in [5.41, 5.74) is 1.78. The number of likely N-dealkylation sites (N-methyl/N-ethyl adjacent to an activating group) is 1. The molecule has 2 N–H and O–H groups in total. The van der Waals surface area contributed by atoms with Gasteiger partial charge in [0.15, 0.2) is 5.83 Å². The van der Waals surface area contributed by atoms with E-state index in [2.05, 4.69) is 36.5 Å². The van der Waals surface area contributed by atoms with Crippen LogP contribution in [-0.2, 0) is 4.79 Å². The minimum absolute atomic E-state index is 0.309. The minimum Gasteiger partial charge on any atom is -0.492 e. The molecule has 0 saturated carbocycles. The van der Waals surface area contributed by atoms with Crippen LogP contribution < -0.4 is 15.4 Å². The second-order valence-electron chi connectivity index (χ2n) is 6.92. The predicted octanol–water partition coefficient (Wildman–Crippen LogP) is 4.89. The number of hydrogen-bond donors (Lipinski definition) is 2. The number of rotatable bonds is 8. The fraction of sp³-hybridized carbons (Fsp3) is 0.227. The van der Waals surface area contributed by atoms with E-state index in [-0.39, 0.29) is 0 Å². The summed E-state index contributed by atoms with van der Waals surface area (Å²) in [5, 5.41) is 6.50. The van der Waals surface area contributed by atoms with Gasteiger partial charge in [0.05, 0.1) is 17.8 Å². The van der Waals surface area contributed by atoms with Gasteiger partial charge in [0.1, 0.15) is 17.9 Å². The van der Waals surface area contributed by atoms with Crippen molar-refractivity contribution in [1.29, 1.82) is 0 Å². The lowest BCUT2D eigenvalue weighted by molar-refractivity contribution is -0.114. The summed E-state index contributed by atoms with van der Waals surface area (Å²) in [5.74, 6) is -0.769. The highest BCUT2D eigenvalue weighted by atomic mass is 79.9. The zero-order valence-corrected chi connectivity index (χ0v) is 19.0. The number of nitrogens with one attached hydrogen (secondary N) is 2. The SMILES string of the molecule is CCOc1cc2ncnc(Nc3cccc(Br)c3)c2cc1NC(=O)C(F)=CCN(C)C. The van der Waals surface area contributed by atoms with E-state index in [1.54, 1.807) is 31.1 Å². The Labute approximate surface area is 188 Å². The number of carbonyl (C=O) groups is 1. The molecule has 0 radical (unpaired) electrons. The number of benzene rings is 2. The van der Waals surface area contributed by atoms with Crippen LogP contribution in [-0.4, -0.2) is 48.0 Å². The largest absolute Gasteiger partial charge is 0.492 e. The molecule has 2 aromatic carbocycles. The Bertz CT molecular complexity index is 1120. The van der Waals surface area contributed by atoms with E-state index < -0.39 is 11.7 Å². The van der Waals surface area contributed by atoms with Gasteiger partial charge in [-0.25, -0.2) is 14.4 Å². The second kappa shape index (κ2) is 10.3. The molecule has 162 valence electrons. The smallest absolute Gasteiger partial charge is 0.284 e. The van der Waals surface area contributed by atoms with Gasteiger partial charge in [-0.3, -0.25) is 4.79 Å². The lowest BCUT2D eigenvalue weighted by atomic mass is 10.1. The molecule has 7 nitrogen and oxygen atoms in total. The lowest BCUT2D eigenvalue weighted by Gasteiger charge is -2.14. The van der Waals surface area contributed by atoms with Gasteiger partial charge >= 0.3 is 0 Å². The summed E-state index contributed by atoms with van der Waals surface area (Å²) in [4.78, 5) is 22.7. The van der Waals surface area contributed by atoms with Gasteiger partial charge in [0, 0.05) is 28.2 Å². The maximum atomic E-state index is 14.2. The van der Waals surface area contributed by atoms with E-state index in [0.29, 0.717) is 41.3 Å². The zero-order chi connectivity index (χ0) is 22.4. The lowest BCUT2D eigenvalue weighted by Crippen LogP contribution is -2.16. The van der Waals surface area contributed by atoms with Crippen molar-refractivity contribution in [3.63, 3.8) is 0 Å². The molecule has 0 aliphatic carbocycles. The van der Waals surface area contributed by atoms with E-state index in [1.165, 1.54) is 12.4 Å². The molecule has 3 rings (SSSR count). The van der Waals surface area contributed by atoms with Gasteiger partial charge in [0.2, 0.25) is 0 Å². The van der Waals surface area contributed by atoms with Crippen molar-refractivity contribution < 1.29 is 13.9 Å². The van der Waals surface area contributed by atoms with Crippen molar-refractivity contribution in [1.82, 2.24) is 14.9 Å². The van der Waals surface area contributed by atoms with Crippen LogP contribution in [0.3, 0.4) is 0 Å². The molecule has 0 fully saturated rings. The van der Waals surface area contributed by atoms with E-state index in [1.807, 2.05) is 31.2 Å². The fourth-order valence-corrected chi connectivity index (χ4v) is 3.20. The van der Waals surface area contributed by atoms with Crippen LogP contribution in [0, 0.1) is 0 Å². The number of hydrogen-bond acceptors (Lipinski definition) is 6. The first-order chi connectivity index (χ1) is 14.9. The molecule has 31 heavy (non-hydrogen) atoms. The van der Waals surface area contributed by atoms with Gasteiger partial charge in [-0.15, -0.1) is 0 Å². The Morgan fingerprint density at radius 3 is 2.77 bits per heavy atom. The molecule has 1 amide bonds. The molecule has 0 aliphatic heterocycles. The number of amides is 1. The molecule has 0 aliphatic rings. The highest BCUT2D eigenvalue weighted by Crippen LogP contribution is 2.34. The van der Waals surface area contributed by atoms with Gasteiger partial charge in [-0.2, -0.15) is 0 Å². The van der Waals surface area contributed by atoms with Crippen LogP contribution >= 0.6 is 15.9 Å². The van der Waals surface area contributed by atoms with Crippen molar-refractivity contribution in [3.05, 3.63) is 59.1 Å². The summed E-state index contributed by atoms with van der Waals surface area (Å²) in [6.45, 7) is 2.51. The van der Waals surface area contributed by atoms with Crippen LogP contribution in [0.25, 0.3) is 10.9 Å². The third kappa shape index (κ3) is 5.99. The first kappa shape index (κ1) is 22.6. The van der Waals surface area contributed by atoms with E-state index in [9.17, 15) is 9.18 Å². The third-order valence-electron chi connectivity index (χ3n) is 4.22. The maximum Gasteiger partial charge on any atom is 0.284 e. The number of fused-ring (bicyclic) bond motifs is 1. The second-order valence-corrected chi connectivity index (χ2v) is 7.84. The highest BCUT2D eigenvalue weighted by Gasteiger charge is 2.16. The maximum absolute atomic E-state index is 14.2. The number of nitrogens with zero attached hydrogens (tertiary/aromatic N) is 3. The minimum atomic E-state index is -0.868. The Morgan fingerprint density at radius 2 is 2.06 bits per heavy atom. The molecule has 1 aromatic heterocycles. The van der Waals surface area contributed by atoms with Gasteiger partial charge in [0.25, 0.3) is 5.91 Å². The number of halogens is 2. The molecule has 0 spiro atoms. The van der Waals surface area contributed by atoms with Crippen LogP contribution in [0.5, 0.6) is 5.75 Å². The fourth-order valence-electron chi connectivity index (χ4n) is 2.80. The van der Waals surface area contributed by atoms with E-state index in [4.69, 9.17) is 4.74 Å². The number of anilines is 3. The Kier molecular flexibility index (Phi) is 7.54. The molecule has 0 atom stereocenters. The Morgan fingerprint density at radius 1 is 1.26 bits per heavy atom. The number of ether oxygens (including phenoxy) is 1. The van der Waals surface area contributed by atoms with Crippen LogP contribution in [0.1, 0.15) is 6.92 Å². The van der Waals surface area contributed by atoms with Crippen molar-refractivity contribution in [2.45, 2.75) is 6.92 Å². The molecular weight excluding hydrogens is 465 g/mol. The van der Waals surface area contributed by atoms with Crippen LogP contribution in [0.2, 0.25) is 0 Å². The van der Waals surface area contributed by atoms with Crippen molar-refractivity contribution >= 4 is 49.9 Å². The summed E-state index contributed by atoms with van der Waals surface area (Å²) >= 11 is 3.45. The first-order valence-electron chi connectivity index (χ1n) is 9.63. The predicted molar refractivity (Wildman–Crippen MR) is 125 cm³/mol. The summed E-state index contributed by atoms with van der Waals surface area (Å²) < 4.78 is 20.8. The van der Waals surface area contributed by atoms with Gasteiger partial charge < -0.3 is 20.3 Å². The molecule has 0 unspecified atom stereocenters. The standard InChI is InChI=1S/C22H23BrFN5O2/c1-4-31-20-12-18-16(11-19(20)28-22(30)17(24)8-9-29(2)3)21(26-13-25-18)27-15-7-5-6-14(23)10-15/h5-8,10-13H,4,9H2,1-3H3,(H,28,30)(H,25,26,27). The van der Waals surface area contributed by atoms with Gasteiger partial charge in [-0.05, 0) is 51.4 Å². The van der Waals surface area contributed by atoms with Crippen LogP contribution in [0.15, 0.2) is 59.1 Å². The quantitative estimate of drug-likeness (QED) is 0.440. The normalized spacial score (nSPS) is 11.6. The first-order valence-corrected chi connectivity index (χ1v) is 10.4. The third-order valence-corrected chi connectivity index (χ3v) is 4.72. The molecule has 9 heteroatoms. The summed E-state index contributed by atoms with van der Waals surface area (Å²) in [7, 11) is 3.58. The average molecular weight is 488 g/mol. The number of carbonyl (C=O) groups excluding carboxylic acids is 1. The zero-order valence-electron chi connectivity index (χ0n) is 17.4. The van der Waals surface area contributed by atoms with Crippen LogP contribution in [0.4, 0.5) is 21.6 Å². The number of aromatic nitrogens is 2. The Balaban J connectivity index is 1.98. The van der Waals surface area contributed by atoms with Crippen molar-refractivity contribution in [2.24, 2.45) is 0 Å². The van der Waals surface area contributed by atoms with Crippen molar-refractivity contribution in [3.8, 4) is 5.75 Å². The molecule has 1 heterocycles. The van der Waals surface area contributed by atoms with E-state index in [0.717, 1.165) is 10.2 Å². The highest BCUT2D eigenvalue weighted by molar-refractivity contribution is 9.10. The Hall–Kier alpha value is -3.04. The molecule has 0 saturated heterocycles. The summed E-state index contributed by atoms with van der Waals surface area (Å²) in [6.07, 6.45) is 2.67.